The molecule has 0 atom stereocenters. The summed E-state index contributed by atoms with van der Waals surface area (Å²) in [5, 5.41) is 23.0. The Morgan fingerprint density at radius 2 is 1.59 bits per heavy atom. The van der Waals surface area contributed by atoms with Gasteiger partial charge in [-0.25, -0.2) is 13.5 Å². The maximum Gasteiger partial charge on any atom is 0.288 e. The quantitative estimate of drug-likeness (QED) is 0.395. The number of aromatic amines is 1. The average molecular weight is 394 g/mol. The van der Waals surface area contributed by atoms with Crippen LogP contribution in [0.3, 0.4) is 0 Å². The summed E-state index contributed by atoms with van der Waals surface area (Å²) in [6.07, 6.45) is 8.70. The molecule has 1 aromatic heterocycles. The van der Waals surface area contributed by atoms with Crippen molar-refractivity contribution in [3.63, 3.8) is 0 Å². The first-order chi connectivity index (χ1) is 13.0. The number of hydrogen-bond acceptors (Lipinski definition) is 7. The lowest BCUT2D eigenvalue weighted by Gasteiger charge is -2.02. The lowest BCUT2D eigenvalue weighted by molar-refractivity contribution is 0.475. The highest BCUT2D eigenvalue weighted by molar-refractivity contribution is 7.91. The Kier molecular flexibility index (Phi) is 8.38. The van der Waals surface area contributed by atoms with Crippen LogP contribution in [-0.2, 0) is 9.84 Å². The Bertz CT molecular complexity index is 816. The third-order valence-corrected chi connectivity index (χ3v) is 5.72. The summed E-state index contributed by atoms with van der Waals surface area (Å²) in [5.74, 6) is 0.130. The number of phenols is 1. The number of rotatable bonds is 12. The fourth-order valence-corrected chi connectivity index (χ4v) is 3.75. The van der Waals surface area contributed by atoms with Crippen molar-refractivity contribution in [1.29, 1.82) is 0 Å². The van der Waals surface area contributed by atoms with Crippen LogP contribution in [-0.4, -0.2) is 34.5 Å². The van der Waals surface area contributed by atoms with Crippen LogP contribution in [0.1, 0.15) is 58.3 Å². The third kappa shape index (κ3) is 7.46. The van der Waals surface area contributed by atoms with E-state index < -0.39 is 9.84 Å². The SMILES string of the molecule is CCCCCCCCCCS(=O)(=O)c1nc(N=Nc2ccc(O)cc2)n[nH]1. The number of aromatic nitrogens is 3. The zero-order chi connectivity index (χ0) is 19.5. The standard InChI is InChI=1S/C18H27N5O3S/c1-2-3-4-5-6-7-8-9-14-27(25,26)18-19-17(22-23-18)21-20-15-10-12-16(24)13-11-15/h10-13,24H,2-9,14H2,1H3,(H,19,22,23). The van der Waals surface area contributed by atoms with Gasteiger partial charge in [0.05, 0.1) is 11.4 Å². The van der Waals surface area contributed by atoms with Gasteiger partial charge in [-0.15, -0.1) is 15.3 Å². The Hall–Kier alpha value is -2.29. The molecule has 0 fully saturated rings. The lowest BCUT2D eigenvalue weighted by Crippen LogP contribution is -2.08. The van der Waals surface area contributed by atoms with Crippen LogP contribution < -0.4 is 0 Å². The molecule has 0 saturated carbocycles. The van der Waals surface area contributed by atoms with Gasteiger partial charge in [0.15, 0.2) is 0 Å². The molecule has 2 rings (SSSR count). The monoisotopic (exact) mass is 393 g/mol. The van der Waals surface area contributed by atoms with E-state index in [1.807, 2.05) is 0 Å². The van der Waals surface area contributed by atoms with Gasteiger partial charge in [-0.2, -0.15) is 4.98 Å². The maximum absolute atomic E-state index is 12.3. The van der Waals surface area contributed by atoms with E-state index in [1.54, 1.807) is 12.1 Å². The predicted octanol–water partition coefficient (Wildman–Crippen LogP) is 4.84. The van der Waals surface area contributed by atoms with Gasteiger partial charge in [0.2, 0.25) is 15.0 Å². The molecule has 2 aromatic rings. The second-order valence-electron chi connectivity index (χ2n) is 6.45. The molecule has 148 valence electrons. The molecule has 0 unspecified atom stereocenters. The number of azo groups is 1. The molecule has 9 heteroatoms. The van der Waals surface area contributed by atoms with Crippen molar-refractivity contribution in [2.24, 2.45) is 10.2 Å². The van der Waals surface area contributed by atoms with Crippen LogP contribution in [0, 0.1) is 0 Å². The summed E-state index contributed by atoms with van der Waals surface area (Å²) < 4.78 is 24.6. The Morgan fingerprint density at radius 1 is 0.963 bits per heavy atom. The van der Waals surface area contributed by atoms with E-state index in [0.29, 0.717) is 12.1 Å². The minimum Gasteiger partial charge on any atom is -0.508 e. The molecule has 0 radical (unpaired) electrons. The van der Waals surface area contributed by atoms with E-state index in [2.05, 4.69) is 32.3 Å². The second-order valence-corrected chi connectivity index (χ2v) is 8.48. The number of unbranched alkanes of at least 4 members (excludes halogenated alkanes) is 7. The summed E-state index contributed by atoms with van der Waals surface area (Å²) in [5.41, 5.74) is 0.501. The predicted molar refractivity (Wildman–Crippen MR) is 103 cm³/mol. The van der Waals surface area contributed by atoms with E-state index in [1.165, 1.54) is 37.8 Å². The van der Waals surface area contributed by atoms with E-state index in [-0.39, 0.29) is 22.6 Å². The molecule has 0 aliphatic heterocycles. The normalized spacial score (nSPS) is 12.0. The number of sulfone groups is 1. The molecule has 0 spiro atoms. The summed E-state index contributed by atoms with van der Waals surface area (Å²) in [4.78, 5) is 3.90. The molecule has 8 nitrogen and oxygen atoms in total. The maximum atomic E-state index is 12.3. The molecule has 1 aromatic carbocycles. The van der Waals surface area contributed by atoms with Crippen molar-refractivity contribution in [3.8, 4) is 5.75 Å². The smallest absolute Gasteiger partial charge is 0.288 e. The highest BCUT2D eigenvalue weighted by Crippen LogP contribution is 2.19. The van der Waals surface area contributed by atoms with Gasteiger partial charge in [0.25, 0.3) is 5.95 Å². The highest BCUT2D eigenvalue weighted by atomic mass is 32.2. The fraction of sp³-hybridized carbons (Fsp3) is 0.556. The van der Waals surface area contributed by atoms with E-state index in [9.17, 15) is 13.5 Å². The summed E-state index contributed by atoms with van der Waals surface area (Å²) in [6, 6.07) is 6.11. The summed E-state index contributed by atoms with van der Waals surface area (Å²) in [7, 11) is -3.49. The Balaban J connectivity index is 1.79. The van der Waals surface area contributed by atoms with Crippen LogP contribution >= 0.6 is 0 Å². The van der Waals surface area contributed by atoms with Crippen LogP contribution in [0.25, 0.3) is 0 Å². The third-order valence-electron chi connectivity index (χ3n) is 4.12. The van der Waals surface area contributed by atoms with Crippen molar-refractivity contribution < 1.29 is 13.5 Å². The van der Waals surface area contributed by atoms with E-state index >= 15 is 0 Å². The van der Waals surface area contributed by atoms with Crippen LogP contribution in [0.5, 0.6) is 5.75 Å². The van der Waals surface area contributed by atoms with Gasteiger partial charge in [-0.05, 0) is 30.7 Å². The highest BCUT2D eigenvalue weighted by Gasteiger charge is 2.19. The average Bonchev–Trinajstić information content (AvgIpc) is 3.13. The van der Waals surface area contributed by atoms with Gasteiger partial charge < -0.3 is 5.11 Å². The zero-order valence-electron chi connectivity index (χ0n) is 15.6. The van der Waals surface area contributed by atoms with E-state index in [0.717, 1.165) is 19.3 Å². The Morgan fingerprint density at radius 3 is 2.26 bits per heavy atom. The summed E-state index contributed by atoms with van der Waals surface area (Å²) >= 11 is 0. The molecular formula is C18H27N5O3S. The first-order valence-corrected chi connectivity index (χ1v) is 11.0. The van der Waals surface area contributed by atoms with Crippen LogP contribution in [0.4, 0.5) is 11.6 Å². The number of H-pyrrole nitrogens is 1. The first kappa shape index (κ1) is 21.0. The van der Waals surface area contributed by atoms with Crippen LogP contribution in [0.15, 0.2) is 39.7 Å². The number of aromatic hydroxyl groups is 1. The van der Waals surface area contributed by atoms with Gasteiger partial charge in [-0.1, -0.05) is 51.9 Å². The molecule has 0 aliphatic carbocycles. The van der Waals surface area contributed by atoms with Crippen molar-refractivity contribution >= 4 is 21.5 Å². The molecule has 27 heavy (non-hydrogen) atoms. The number of hydrogen-bond donors (Lipinski definition) is 2. The van der Waals surface area contributed by atoms with E-state index in [4.69, 9.17) is 0 Å². The topological polar surface area (TPSA) is 121 Å². The fourth-order valence-electron chi connectivity index (χ4n) is 2.57. The number of nitrogens with zero attached hydrogens (tertiary/aromatic N) is 4. The van der Waals surface area contributed by atoms with Crippen molar-refractivity contribution in [2.45, 2.75) is 63.4 Å². The van der Waals surface area contributed by atoms with Gasteiger partial charge >= 0.3 is 0 Å². The molecule has 0 saturated heterocycles. The largest absolute Gasteiger partial charge is 0.508 e. The molecule has 2 N–H and O–H groups in total. The minimum atomic E-state index is -3.49. The van der Waals surface area contributed by atoms with Gasteiger partial charge in [-0.3, -0.25) is 0 Å². The molecule has 0 amide bonds. The van der Waals surface area contributed by atoms with Gasteiger partial charge in [0.1, 0.15) is 5.75 Å². The first-order valence-electron chi connectivity index (χ1n) is 9.37. The lowest BCUT2D eigenvalue weighted by atomic mass is 10.1. The number of nitrogens with one attached hydrogen (secondary N) is 1. The van der Waals surface area contributed by atoms with Crippen LogP contribution in [0.2, 0.25) is 0 Å². The number of phenolic OH excluding ortho intramolecular Hbond substituents is 1. The zero-order valence-corrected chi connectivity index (χ0v) is 16.5. The minimum absolute atomic E-state index is 0.0439. The molecule has 0 aliphatic rings. The molecule has 0 bridgehead atoms. The van der Waals surface area contributed by atoms with Crippen molar-refractivity contribution in [3.05, 3.63) is 24.3 Å². The summed E-state index contributed by atoms with van der Waals surface area (Å²) in [6.45, 7) is 2.19. The molecule has 1 heterocycles. The molecular weight excluding hydrogens is 366 g/mol. The van der Waals surface area contributed by atoms with Crippen molar-refractivity contribution in [2.75, 3.05) is 5.75 Å². The second kappa shape index (κ2) is 10.8. The van der Waals surface area contributed by atoms with Gasteiger partial charge in [0, 0.05) is 0 Å². The Labute approximate surface area is 160 Å². The number of benzene rings is 1. The van der Waals surface area contributed by atoms with Crippen molar-refractivity contribution in [1.82, 2.24) is 15.2 Å².